The van der Waals surface area contributed by atoms with Crippen LogP contribution in [0, 0.1) is 17.8 Å². The lowest BCUT2D eigenvalue weighted by molar-refractivity contribution is 0.0670. The minimum atomic E-state index is 0.0942. The molecule has 2 fully saturated rings. The smallest absolute Gasteiger partial charge is 0.0465 e. The van der Waals surface area contributed by atoms with Crippen molar-refractivity contribution in [3.05, 3.63) is 163 Å². The van der Waals surface area contributed by atoms with Gasteiger partial charge in [-0.15, -0.1) is 0 Å². The van der Waals surface area contributed by atoms with Crippen LogP contribution in [-0.2, 0) is 5.41 Å². The lowest BCUT2D eigenvalue weighted by Crippen LogP contribution is -2.48. The summed E-state index contributed by atoms with van der Waals surface area (Å²) in [7, 11) is 0. The quantitative estimate of drug-likeness (QED) is 0.188. The van der Waals surface area contributed by atoms with Gasteiger partial charge in [-0.25, -0.2) is 0 Å². The molecule has 6 aromatic carbocycles. The lowest BCUT2D eigenvalue weighted by atomic mass is 9.51. The van der Waals surface area contributed by atoms with Crippen molar-refractivity contribution in [3.8, 4) is 33.4 Å². The summed E-state index contributed by atoms with van der Waals surface area (Å²) in [6.45, 7) is 2.56. The molecular formula is C46H41N. The molecule has 230 valence electrons. The van der Waals surface area contributed by atoms with Gasteiger partial charge in [-0.1, -0.05) is 135 Å². The third kappa shape index (κ3) is 4.59. The number of para-hydroxylation sites is 1. The lowest BCUT2D eigenvalue weighted by Gasteiger charge is -2.53. The fourth-order valence-corrected chi connectivity index (χ4v) is 9.76. The average molecular weight is 608 g/mol. The zero-order valence-electron chi connectivity index (χ0n) is 27.1. The summed E-state index contributed by atoms with van der Waals surface area (Å²) in [6.07, 6.45) is 6.84. The zero-order valence-corrected chi connectivity index (χ0v) is 27.1. The molecule has 0 aliphatic heterocycles. The van der Waals surface area contributed by atoms with Gasteiger partial charge in [0.1, 0.15) is 0 Å². The monoisotopic (exact) mass is 607 g/mol. The molecule has 1 heteroatoms. The van der Waals surface area contributed by atoms with Crippen molar-refractivity contribution < 1.29 is 0 Å². The van der Waals surface area contributed by atoms with Crippen molar-refractivity contribution in [2.24, 2.45) is 17.8 Å². The van der Waals surface area contributed by atoms with Crippen molar-refractivity contribution in [2.75, 3.05) is 4.90 Å². The number of fused-ring (bicyclic) bond motifs is 8. The molecule has 6 aromatic rings. The molecule has 0 radical (unpaired) electrons. The third-order valence-corrected chi connectivity index (χ3v) is 11.7. The van der Waals surface area contributed by atoms with Crippen molar-refractivity contribution in [2.45, 2.75) is 44.4 Å². The minimum Gasteiger partial charge on any atom is -0.310 e. The number of nitrogens with zero attached hydrogens (tertiary/aromatic N) is 1. The molecule has 1 spiro atoms. The molecule has 3 aliphatic carbocycles. The molecule has 3 aliphatic rings. The Balaban J connectivity index is 1.13. The first-order valence-electron chi connectivity index (χ1n) is 17.6. The Kier molecular flexibility index (Phi) is 6.89. The second-order valence-electron chi connectivity index (χ2n) is 14.2. The highest BCUT2D eigenvalue weighted by molar-refractivity contribution is 5.86. The van der Waals surface area contributed by atoms with E-state index in [1.54, 1.807) is 11.1 Å². The Morgan fingerprint density at radius 1 is 0.489 bits per heavy atom. The van der Waals surface area contributed by atoms with E-state index in [2.05, 4.69) is 163 Å². The van der Waals surface area contributed by atoms with Crippen LogP contribution in [0.1, 0.15) is 50.2 Å². The van der Waals surface area contributed by atoms with Crippen LogP contribution >= 0.6 is 0 Å². The molecule has 9 rings (SSSR count). The summed E-state index contributed by atoms with van der Waals surface area (Å²) in [6, 6.07) is 56.3. The largest absolute Gasteiger partial charge is 0.310 e. The maximum absolute atomic E-state index is 2.57. The van der Waals surface area contributed by atoms with Gasteiger partial charge in [0.25, 0.3) is 0 Å². The maximum atomic E-state index is 2.57. The summed E-state index contributed by atoms with van der Waals surface area (Å²) in [5.74, 6) is 2.23. The number of rotatable bonds is 5. The van der Waals surface area contributed by atoms with E-state index in [-0.39, 0.29) is 5.41 Å². The Labute approximate surface area is 279 Å². The van der Waals surface area contributed by atoms with Gasteiger partial charge in [-0.2, -0.15) is 0 Å². The minimum absolute atomic E-state index is 0.0942. The first-order valence-corrected chi connectivity index (χ1v) is 17.6. The molecule has 2 saturated carbocycles. The predicted molar refractivity (Wildman–Crippen MR) is 197 cm³/mol. The second-order valence-corrected chi connectivity index (χ2v) is 14.2. The van der Waals surface area contributed by atoms with Crippen LogP contribution in [0.5, 0.6) is 0 Å². The molecule has 0 heterocycles. The third-order valence-electron chi connectivity index (χ3n) is 11.7. The van der Waals surface area contributed by atoms with Gasteiger partial charge in [0.05, 0.1) is 0 Å². The highest BCUT2D eigenvalue weighted by Crippen LogP contribution is 2.64. The summed E-state index contributed by atoms with van der Waals surface area (Å²) in [5.41, 5.74) is 14.7. The van der Waals surface area contributed by atoms with Crippen LogP contribution in [0.2, 0.25) is 0 Å². The maximum Gasteiger partial charge on any atom is 0.0465 e. The molecule has 0 aromatic heterocycles. The average Bonchev–Trinajstić information content (AvgIpc) is 3.43. The van der Waals surface area contributed by atoms with Gasteiger partial charge < -0.3 is 4.90 Å². The topological polar surface area (TPSA) is 3.24 Å². The van der Waals surface area contributed by atoms with Gasteiger partial charge in [-0.05, 0) is 118 Å². The van der Waals surface area contributed by atoms with Crippen LogP contribution < -0.4 is 4.90 Å². The summed E-state index contributed by atoms with van der Waals surface area (Å²) in [4.78, 5) is 2.45. The fourth-order valence-electron chi connectivity index (χ4n) is 9.76. The van der Waals surface area contributed by atoms with E-state index in [9.17, 15) is 0 Å². The Hall–Kier alpha value is -4.88. The van der Waals surface area contributed by atoms with E-state index in [0.29, 0.717) is 11.8 Å². The van der Waals surface area contributed by atoms with E-state index in [4.69, 9.17) is 0 Å². The normalized spacial score (nSPS) is 22.4. The highest BCUT2D eigenvalue weighted by Gasteiger charge is 2.55. The molecule has 2 bridgehead atoms. The van der Waals surface area contributed by atoms with Gasteiger partial charge in [0, 0.05) is 22.5 Å². The van der Waals surface area contributed by atoms with Crippen LogP contribution in [0.15, 0.2) is 152 Å². The van der Waals surface area contributed by atoms with Crippen LogP contribution in [0.3, 0.4) is 0 Å². The molecule has 0 amide bonds. The Bertz CT molecular complexity index is 2020. The number of hydrogen-bond donors (Lipinski definition) is 0. The molecule has 4 unspecified atom stereocenters. The van der Waals surface area contributed by atoms with Gasteiger partial charge in [0.15, 0.2) is 0 Å². The van der Waals surface area contributed by atoms with Crippen LogP contribution in [-0.4, -0.2) is 0 Å². The number of benzene rings is 6. The Morgan fingerprint density at radius 3 is 1.77 bits per heavy atom. The van der Waals surface area contributed by atoms with Crippen molar-refractivity contribution in [1.82, 2.24) is 0 Å². The van der Waals surface area contributed by atoms with E-state index < -0.39 is 0 Å². The Morgan fingerprint density at radius 2 is 1.04 bits per heavy atom. The second kappa shape index (κ2) is 11.4. The van der Waals surface area contributed by atoms with Gasteiger partial charge in [-0.3, -0.25) is 0 Å². The molecule has 0 saturated heterocycles. The van der Waals surface area contributed by atoms with E-state index in [1.165, 1.54) is 82.5 Å². The molecule has 1 nitrogen and oxygen atoms in total. The summed E-state index contributed by atoms with van der Waals surface area (Å²) < 4.78 is 0. The SMILES string of the molecule is CC1CC2CCCC(C2)C12c1ccccc1-c1ccc(N(c3ccccc3)c3ccc(-c4ccc(-c5ccccc5)cc4)cc3)cc12. The van der Waals surface area contributed by atoms with E-state index in [1.807, 2.05) is 0 Å². The van der Waals surface area contributed by atoms with Crippen molar-refractivity contribution in [1.29, 1.82) is 0 Å². The first-order chi connectivity index (χ1) is 23.2. The fraction of sp³-hybridized carbons (Fsp3) is 0.217. The molecular weight excluding hydrogens is 567 g/mol. The van der Waals surface area contributed by atoms with Crippen molar-refractivity contribution >= 4 is 17.1 Å². The standard InChI is InChI=1S/C46H41N/c1-32-29-33-11-10-14-38(30-33)46(32)44-18-9-8-17-42(44)43-28-27-41(31-45(43)46)47(39-15-6-3-7-16-39)40-25-23-37(24-26-40)36-21-19-35(20-22-36)34-12-4-2-5-13-34/h2-9,12-13,15-28,31-33,38H,10-11,14,29-30H2,1H3. The molecule has 0 N–H and O–H groups in total. The van der Waals surface area contributed by atoms with E-state index >= 15 is 0 Å². The van der Waals surface area contributed by atoms with Gasteiger partial charge >= 0.3 is 0 Å². The van der Waals surface area contributed by atoms with Gasteiger partial charge in [0.2, 0.25) is 0 Å². The number of hydrogen-bond acceptors (Lipinski definition) is 1. The summed E-state index contributed by atoms with van der Waals surface area (Å²) in [5, 5.41) is 0. The highest BCUT2D eigenvalue weighted by atomic mass is 15.1. The number of anilines is 3. The van der Waals surface area contributed by atoms with Crippen LogP contribution in [0.25, 0.3) is 33.4 Å². The molecule has 4 atom stereocenters. The van der Waals surface area contributed by atoms with Crippen LogP contribution in [0.4, 0.5) is 17.1 Å². The zero-order chi connectivity index (χ0) is 31.4. The first kappa shape index (κ1) is 28.4. The van der Waals surface area contributed by atoms with E-state index in [0.717, 1.165) is 5.92 Å². The van der Waals surface area contributed by atoms with Crippen molar-refractivity contribution in [3.63, 3.8) is 0 Å². The molecule has 47 heavy (non-hydrogen) atoms. The summed E-state index contributed by atoms with van der Waals surface area (Å²) >= 11 is 0. The predicted octanol–water partition coefficient (Wildman–Crippen LogP) is 12.6.